The number of rotatable bonds is 3. The molecule has 0 saturated heterocycles. The molecule has 0 spiro atoms. The van der Waals surface area contributed by atoms with Crippen molar-refractivity contribution in [2.45, 2.75) is 13.5 Å². The molecule has 6 heteroatoms. The highest BCUT2D eigenvalue weighted by Gasteiger charge is 2.08. The highest BCUT2D eigenvalue weighted by Crippen LogP contribution is 2.21. The zero-order valence-corrected chi connectivity index (χ0v) is 13.2. The first kappa shape index (κ1) is 13.3. The quantitative estimate of drug-likeness (QED) is 0.781. The number of amides is 1. The molecule has 0 fully saturated rings. The molecule has 2 aromatic heterocycles. The summed E-state index contributed by atoms with van der Waals surface area (Å²) in [6.45, 7) is 2.24. The van der Waals surface area contributed by atoms with Crippen LogP contribution in [-0.2, 0) is 11.3 Å². The third-order valence-corrected chi connectivity index (χ3v) is 4.24. The Kier molecular flexibility index (Phi) is 3.58. The molecule has 4 nitrogen and oxygen atoms in total. The molecule has 1 N–H and O–H groups in total. The largest absolute Gasteiger partial charge is 0.338 e. The van der Waals surface area contributed by atoms with Crippen LogP contribution in [0.5, 0.6) is 0 Å². The first-order valence-corrected chi connectivity index (χ1v) is 7.69. The number of hydrogen-bond acceptors (Lipinski definition) is 3. The van der Waals surface area contributed by atoms with Gasteiger partial charge in [0.15, 0.2) is 5.13 Å². The van der Waals surface area contributed by atoms with Crippen molar-refractivity contribution in [2.75, 3.05) is 5.32 Å². The number of aryl methyl sites for hydroxylation is 1. The summed E-state index contributed by atoms with van der Waals surface area (Å²) in [5, 5.41) is 4.57. The molecule has 2 heterocycles. The summed E-state index contributed by atoms with van der Waals surface area (Å²) in [5.74, 6) is -0.0697. The molecular formula is C14H12BrN3OS. The minimum atomic E-state index is -0.0697. The second-order valence-electron chi connectivity index (χ2n) is 4.47. The first-order chi connectivity index (χ1) is 9.61. The van der Waals surface area contributed by atoms with E-state index in [0.717, 1.165) is 20.3 Å². The predicted molar refractivity (Wildman–Crippen MR) is 85.1 cm³/mol. The molecule has 0 aliphatic carbocycles. The van der Waals surface area contributed by atoms with E-state index in [2.05, 4.69) is 26.2 Å². The van der Waals surface area contributed by atoms with Gasteiger partial charge in [0.1, 0.15) is 6.54 Å². The average molecular weight is 350 g/mol. The van der Waals surface area contributed by atoms with E-state index >= 15 is 0 Å². The molecule has 0 aliphatic rings. The summed E-state index contributed by atoms with van der Waals surface area (Å²) in [7, 11) is 0. The van der Waals surface area contributed by atoms with Crippen molar-refractivity contribution in [1.29, 1.82) is 0 Å². The third kappa shape index (κ3) is 2.76. The van der Waals surface area contributed by atoms with E-state index in [1.54, 1.807) is 6.20 Å². The highest BCUT2D eigenvalue weighted by atomic mass is 79.9. The van der Waals surface area contributed by atoms with Gasteiger partial charge in [-0.15, -0.1) is 11.3 Å². The van der Waals surface area contributed by atoms with Gasteiger partial charge in [-0.1, -0.05) is 15.9 Å². The van der Waals surface area contributed by atoms with Gasteiger partial charge in [-0.25, -0.2) is 4.98 Å². The van der Waals surface area contributed by atoms with Gasteiger partial charge in [-0.05, 0) is 31.2 Å². The van der Waals surface area contributed by atoms with Crippen molar-refractivity contribution in [3.63, 3.8) is 0 Å². The maximum absolute atomic E-state index is 12.0. The molecule has 1 amide bonds. The van der Waals surface area contributed by atoms with E-state index in [-0.39, 0.29) is 12.5 Å². The summed E-state index contributed by atoms with van der Waals surface area (Å²) in [6, 6.07) is 8.01. The SMILES string of the molecule is Cc1cnc(NC(=O)Cn2ccc3cc(Br)ccc32)s1. The van der Waals surface area contributed by atoms with Gasteiger partial charge < -0.3 is 9.88 Å². The zero-order chi connectivity index (χ0) is 14.1. The molecule has 0 aliphatic heterocycles. The molecule has 0 saturated carbocycles. The van der Waals surface area contributed by atoms with Crippen molar-refractivity contribution in [3.05, 3.63) is 46.0 Å². The van der Waals surface area contributed by atoms with Gasteiger partial charge in [0.05, 0.1) is 0 Å². The first-order valence-electron chi connectivity index (χ1n) is 6.08. The lowest BCUT2D eigenvalue weighted by Crippen LogP contribution is -2.17. The Morgan fingerprint density at radius 1 is 1.45 bits per heavy atom. The van der Waals surface area contributed by atoms with Gasteiger partial charge in [0.25, 0.3) is 0 Å². The molecule has 1 aromatic carbocycles. The fourth-order valence-electron chi connectivity index (χ4n) is 2.03. The Hall–Kier alpha value is -1.66. The smallest absolute Gasteiger partial charge is 0.246 e. The van der Waals surface area contributed by atoms with Gasteiger partial charge in [-0.3, -0.25) is 4.79 Å². The van der Waals surface area contributed by atoms with Crippen LogP contribution in [0, 0.1) is 6.92 Å². The fourth-order valence-corrected chi connectivity index (χ4v) is 3.09. The molecule has 0 atom stereocenters. The summed E-state index contributed by atoms with van der Waals surface area (Å²) in [5.41, 5.74) is 1.04. The van der Waals surface area contributed by atoms with Crippen molar-refractivity contribution in [1.82, 2.24) is 9.55 Å². The third-order valence-electron chi connectivity index (χ3n) is 2.91. The van der Waals surface area contributed by atoms with E-state index in [1.165, 1.54) is 11.3 Å². The number of thiazole rings is 1. The molecule has 20 heavy (non-hydrogen) atoms. The van der Waals surface area contributed by atoms with Crippen LogP contribution in [0.25, 0.3) is 10.9 Å². The Morgan fingerprint density at radius 2 is 2.30 bits per heavy atom. The summed E-state index contributed by atoms with van der Waals surface area (Å²) in [4.78, 5) is 17.2. The van der Waals surface area contributed by atoms with Crippen LogP contribution < -0.4 is 5.32 Å². The van der Waals surface area contributed by atoms with E-state index < -0.39 is 0 Å². The number of anilines is 1. The summed E-state index contributed by atoms with van der Waals surface area (Å²) < 4.78 is 2.96. The number of carbonyl (C=O) groups is 1. The van der Waals surface area contributed by atoms with E-state index in [9.17, 15) is 4.79 Å². The maximum atomic E-state index is 12.0. The molecule has 3 rings (SSSR count). The van der Waals surface area contributed by atoms with E-state index in [1.807, 2.05) is 42.0 Å². The summed E-state index contributed by atoms with van der Waals surface area (Å²) >= 11 is 4.92. The van der Waals surface area contributed by atoms with Crippen LogP contribution >= 0.6 is 27.3 Å². The van der Waals surface area contributed by atoms with Crippen LogP contribution in [0.3, 0.4) is 0 Å². The number of aromatic nitrogens is 2. The fraction of sp³-hybridized carbons (Fsp3) is 0.143. The van der Waals surface area contributed by atoms with Crippen molar-refractivity contribution >= 4 is 49.2 Å². The maximum Gasteiger partial charge on any atom is 0.246 e. The average Bonchev–Trinajstić information content (AvgIpc) is 2.96. The van der Waals surface area contributed by atoms with Crippen LogP contribution in [-0.4, -0.2) is 15.5 Å². The number of halogens is 1. The molecule has 3 aromatic rings. The lowest BCUT2D eigenvalue weighted by Gasteiger charge is -2.05. The van der Waals surface area contributed by atoms with E-state index in [4.69, 9.17) is 0 Å². The Morgan fingerprint density at radius 3 is 3.05 bits per heavy atom. The van der Waals surface area contributed by atoms with Crippen LogP contribution in [0.15, 0.2) is 41.1 Å². The number of hydrogen-bond donors (Lipinski definition) is 1. The molecular weight excluding hydrogens is 338 g/mol. The molecule has 102 valence electrons. The van der Waals surface area contributed by atoms with E-state index in [0.29, 0.717) is 5.13 Å². The molecule has 0 bridgehead atoms. The van der Waals surface area contributed by atoms with Gasteiger partial charge in [0.2, 0.25) is 5.91 Å². The van der Waals surface area contributed by atoms with Crippen LogP contribution in [0.4, 0.5) is 5.13 Å². The summed E-state index contributed by atoms with van der Waals surface area (Å²) in [6.07, 6.45) is 3.67. The highest BCUT2D eigenvalue weighted by molar-refractivity contribution is 9.10. The monoisotopic (exact) mass is 349 g/mol. The minimum Gasteiger partial charge on any atom is -0.338 e. The van der Waals surface area contributed by atoms with Crippen LogP contribution in [0.2, 0.25) is 0 Å². The lowest BCUT2D eigenvalue weighted by atomic mass is 10.2. The van der Waals surface area contributed by atoms with Crippen molar-refractivity contribution in [2.24, 2.45) is 0 Å². The Labute approximate surface area is 128 Å². The van der Waals surface area contributed by atoms with Crippen molar-refractivity contribution < 1.29 is 4.79 Å². The lowest BCUT2D eigenvalue weighted by molar-refractivity contribution is -0.116. The van der Waals surface area contributed by atoms with Crippen LogP contribution in [0.1, 0.15) is 4.88 Å². The Bertz CT molecular complexity index is 778. The number of fused-ring (bicyclic) bond motifs is 1. The minimum absolute atomic E-state index is 0.0697. The zero-order valence-electron chi connectivity index (χ0n) is 10.8. The predicted octanol–water partition coefficient (Wildman–Crippen LogP) is 3.81. The molecule has 0 radical (unpaired) electrons. The molecule has 0 unspecified atom stereocenters. The topological polar surface area (TPSA) is 46.9 Å². The van der Waals surface area contributed by atoms with Gasteiger partial charge >= 0.3 is 0 Å². The Balaban J connectivity index is 1.77. The standard InChI is InChI=1S/C14H12BrN3OS/c1-9-7-16-14(20-9)17-13(19)8-18-5-4-10-6-11(15)2-3-12(10)18/h2-7H,8H2,1H3,(H,16,17,19). The van der Waals surface area contributed by atoms with Gasteiger partial charge in [-0.2, -0.15) is 0 Å². The number of benzene rings is 1. The van der Waals surface area contributed by atoms with Crippen molar-refractivity contribution in [3.8, 4) is 0 Å². The van der Waals surface area contributed by atoms with Gasteiger partial charge in [0, 0.05) is 32.6 Å². The number of nitrogens with zero attached hydrogens (tertiary/aromatic N) is 2. The second kappa shape index (κ2) is 5.38. The number of carbonyl (C=O) groups excluding carboxylic acids is 1. The second-order valence-corrected chi connectivity index (χ2v) is 6.62. The number of nitrogens with one attached hydrogen (secondary N) is 1. The normalized spacial score (nSPS) is 10.9.